The second-order valence-corrected chi connectivity index (χ2v) is 3.59. The molecule has 0 bridgehead atoms. The van der Waals surface area contributed by atoms with Gasteiger partial charge in [-0.3, -0.25) is 9.89 Å². The number of hydrogen-bond acceptors (Lipinski definition) is 3. The summed E-state index contributed by atoms with van der Waals surface area (Å²) in [6.07, 6.45) is 2.31. The van der Waals surface area contributed by atoms with E-state index in [1.807, 2.05) is 6.92 Å². The zero-order chi connectivity index (χ0) is 10.8. The molecule has 4 N–H and O–H groups in total. The zero-order valence-electron chi connectivity index (χ0n) is 8.37. The van der Waals surface area contributed by atoms with E-state index < -0.39 is 11.5 Å². The second-order valence-electron chi connectivity index (χ2n) is 3.59. The second kappa shape index (κ2) is 3.79. The first-order valence-electron chi connectivity index (χ1n) is 4.51. The van der Waals surface area contributed by atoms with E-state index in [-0.39, 0.29) is 6.42 Å². The lowest BCUT2D eigenvalue weighted by molar-refractivity contribution is -0.138. The maximum absolute atomic E-state index is 10.6. The average molecular weight is 197 g/mol. The summed E-state index contributed by atoms with van der Waals surface area (Å²) < 4.78 is 0. The molecule has 0 saturated carbocycles. The number of carboxylic acids is 1. The highest BCUT2D eigenvalue weighted by Gasteiger charge is 2.28. The molecule has 0 unspecified atom stereocenters. The zero-order valence-corrected chi connectivity index (χ0v) is 8.37. The molecular weight excluding hydrogens is 182 g/mol. The maximum Gasteiger partial charge on any atom is 0.305 e. The molecular formula is C9H15N3O2. The van der Waals surface area contributed by atoms with Crippen LogP contribution in [-0.2, 0) is 16.8 Å². The number of rotatable bonds is 4. The minimum Gasteiger partial charge on any atom is -0.481 e. The predicted octanol–water partition coefficient (Wildman–Crippen LogP) is 0.621. The van der Waals surface area contributed by atoms with Crippen molar-refractivity contribution in [2.75, 3.05) is 0 Å². The number of aromatic amines is 1. The molecule has 1 rings (SSSR count). The largest absolute Gasteiger partial charge is 0.481 e. The van der Waals surface area contributed by atoms with Gasteiger partial charge in [-0.1, -0.05) is 6.92 Å². The Hall–Kier alpha value is -1.36. The molecule has 1 heterocycles. The molecule has 5 heteroatoms. The molecule has 1 atom stereocenters. The van der Waals surface area contributed by atoms with Crippen molar-refractivity contribution < 1.29 is 9.90 Å². The van der Waals surface area contributed by atoms with Crippen molar-refractivity contribution in [1.82, 2.24) is 10.2 Å². The fraction of sp³-hybridized carbons (Fsp3) is 0.556. The first-order valence-corrected chi connectivity index (χ1v) is 4.51. The number of aromatic nitrogens is 2. The normalized spacial score (nSPS) is 15.1. The third kappa shape index (κ3) is 2.11. The van der Waals surface area contributed by atoms with Crippen LogP contribution < -0.4 is 5.73 Å². The Bertz CT molecular complexity index is 331. The van der Waals surface area contributed by atoms with Gasteiger partial charge in [0, 0.05) is 11.8 Å². The standard InChI is InChI=1S/C9H15N3O2/c1-3-7-6(5-11-12-7)9(2,10)4-8(13)14/h5H,3-4,10H2,1-2H3,(H,11,12)(H,13,14)/t9-/m0/s1. The Morgan fingerprint density at radius 1 is 1.79 bits per heavy atom. The van der Waals surface area contributed by atoms with Crippen molar-refractivity contribution in [1.29, 1.82) is 0 Å². The van der Waals surface area contributed by atoms with Gasteiger partial charge in [-0.2, -0.15) is 5.10 Å². The Kier molecular flexibility index (Phi) is 2.90. The van der Waals surface area contributed by atoms with E-state index in [9.17, 15) is 4.79 Å². The molecule has 0 aliphatic heterocycles. The smallest absolute Gasteiger partial charge is 0.305 e. The van der Waals surface area contributed by atoms with Crippen LogP contribution in [0.2, 0.25) is 0 Å². The first kappa shape index (κ1) is 10.7. The third-order valence-electron chi connectivity index (χ3n) is 2.19. The molecule has 0 spiro atoms. The van der Waals surface area contributed by atoms with Gasteiger partial charge in [-0.25, -0.2) is 0 Å². The summed E-state index contributed by atoms with van der Waals surface area (Å²) in [6, 6.07) is 0. The summed E-state index contributed by atoms with van der Waals surface area (Å²) in [5, 5.41) is 15.4. The Balaban J connectivity index is 2.96. The number of carboxylic acid groups (broad SMARTS) is 1. The van der Waals surface area contributed by atoms with Crippen LogP contribution in [0.4, 0.5) is 0 Å². The quantitative estimate of drug-likeness (QED) is 0.659. The highest BCUT2D eigenvalue weighted by Crippen LogP contribution is 2.23. The SMILES string of the molecule is CCc1n[nH]cc1[C@@](C)(N)CC(=O)O. The highest BCUT2D eigenvalue weighted by atomic mass is 16.4. The Labute approximate surface area is 82.3 Å². The molecule has 0 aromatic carbocycles. The van der Waals surface area contributed by atoms with Crippen LogP contribution in [0.1, 0.15) is 31.5 Å². The molecule has 5 nitrogen and oxygen atoms in total. The predicted molar refractivity (Wildman–Crippen MR) is 51.8 cm³/mol. The van der Waals surface area contributed by atoms with Gasteiger partial charge in [-0.15, -0.1) is 0 Å². The number of aryl methyl sites for hydroxylation is 1. The van der Waals surface area contributed by atoms with E-state index in [1.54, 1.807) is 13.1 Å². The number of aliphatic carboxylic acids is 1. The third-order valence-corrected chi connectivity index (χ3v) is 2.19. The Morgan fingerprint density at radius 3 is 2.93 bits per heavy atom. The van der Waals surface area contributed by atoms with Gasteiger partial charge in [0.1, 0.15) is 0 Å². The number of nitrogens with two attached hydrogens (primary N) is 1. The van der Waals surface area contributed by atoms with Gasteiger partial charge in [-0.05, 0) is 13.3 Å². The average Bonchev–Trinajstić information content (AvgIpc) is 2.48. The molecule has 0 aliphatic carbocycles. The van der Waals surface area contributed by atoms with Gasteiger partial charge >= 0.3 is 5.97 Å². The van der Waals surface area contributed by atoms with Crippen LogP contribution in [0.5, 0.6) is 0 Å². The van der Waals surface area contributed by atoms with E-state index in [2.05, 4.69) is 10.2 Å². The fourth-order valence-corrected chi connectivity index (χ4v) is 1.49. The van der Waals surface area contributed by atoms with E-state index >= 15 is 0 Å². The summed E-state index contributed by atoms with van der Waals surface area (Å²) in [5.74, 6) is -0.904. The van der Waals surface area contributed by atoms with Crippen LogP contribution in [-0.4, -0.2) is 21.3 Å². The number of nitrogens with zero attached hydrogens (tertiary/aromatic N) is 1. The highest BCUT2D eigenvalue weighted by molar-refractivity contribution is 5.68. The van der Waals surface area contributed by atoms with Gasteiger partial charge < -0.3 is 10.8 Å². The minimum absolute atomic E-state index is 0.0977. The molecule has 1 aromatic heterocycles. The molecule has 0 fully saturated rings. The lowest BCUT2D eigenvalue weighted by Crippen LogP contribution is -2.36. The van der Waals surface area contributed by atoms with Crippen molar-refractivity contribution in [3.63, 3.8) is 0 Å². The van der Waals surface area contributed by atoms with Crippen LogP contribution in [0, 0.1) is 0 Å². The molecule has 14 heavy (non-hydrogen) atoms. The lowest BCUT2D eigenvalue weighted by atomic mass is 9.89. The van der Waals surface area contributed by atoms with Gasteiger partial charge in [0.25, 0.3) is 0 Å². The molecule has 78 valence electrons. The van der Waals surface area contributed by atoms with Gasteiger partial charge in [0.05, 0.1) is 17.7 Å². The summed E-state index contributed by atoms with van der Waals surface area (Å²) in [5.41, 5.74) is 6.67. The summed E-state index contributed by atoms with van der Waals surface area (Å²) in [6.45, 7) is 3.65. The fourth-order valence-electron chi connectivity index (χ4n) is 1.49. The van der Waals surface area contributed by atoms with E-state index in [0.717, 1.165) is 17.7 Å². The van der Waals surface area contributed by atoms with Crippen molar-refractivity contribution in [3.05, 3.63) is 17.5 Å². The van der Waals surface area contributed by atoms with Crippen molar-refractivity contribution in [2.45, 2.75) is 32.2 Å². The first-order chi connectivity index (χ1) is 6.47. The molecule has 0 radical (unpaired) electrons. The summed E-state index contributed by atoms with van der Waals surface area (Å²) >= 11 is 0. The number of carbonyl (C=O) groups is 1. The number of H-pyrrole nitrogens is 1. The Morgan fingerprint density at radius 2 is 2.43 bits per heavy atom. The molecule has 1 aromatic rings. The van der Waals surface area contributed by atoms with Gasteiger partial charge in [0.2, 0.25) is 0 Å². The monoisotopic (exact) mass is 197 g/mol. The van der Waals surface area contributed by atoms with Crippen LogP contribution in [0.25, 0.3) is 0 Å². The number of nitrogens with one attached hydrogen (secondary N) is 1. The van der Waals surface area contributed by atoms with E-state index in [1.165, 1.54) is 0 Å². The molecule has 0 aliphatic rings. The van der Waals surface area contributed by atoms with E-state index in [4.69, 9.17) is 10.8 Å². The van der Waals surface area contributed by atoms with Crippen LogP contribution in [0.3, 0.4) is 0 Å². The summed E-state index contributed by atoms with van der Waals surface area (Å²) in [7, 11) is 0. The van der Waals surface area contributed by atoms with Crippen molar-refractivity contribution in [2.24, 2.45) is 5.73 Å². The van der Waals surface area contributed by atoms with Crippen LogP contribution >= 0.6 is 0 Å². The minimum atomic E-state index is -0.904. The van der Waals surface area contributed by atoms with Crippen LogP contribution in [0.15, 0.2) is 6.20 Å². The molecule has 0 saturated heterocycles. The topological polar surface area (TPSA) is 92.0 Å². The maximum atomic E-state index is 10.6. The van der Waals surface area contributed by atoms with Crippen molar-refractivity contribution >= 4 is 5.97 Å². The summed E-state index contributed by atoms with van der Waals surface area (Å²) in [4.78, 5) is 10.6. The lowest BCUT2D eigenvalue weighted by Gasteiger charge is -2.22. The van der Waals surface area contributed by atoms with Gasteiger partial charge in [0.15, 0.2) is 0 Å². The van der Waals surface area contributed by atoms with Crippen molar-refractivity contribution in [3.8, 4) is 0 Å². The molecule has 0 amide bonds. The van der Waals surface area contributed by atoms with E-state index in [0.29, 0.717) is 0 Å². The number of hydrogen-bond donors (Lipinski definition) is 3.